The average Bonchev–Trinajstić information content (AvgIpc) is 3.46. The molecule has 0 amide bonds. The molecule has 2 heterocycles. The maximum atomic E-state index is 5.76. The van der Waals surface area contributed by atoms with E-state index in [0.717, 1.165) is 62.2 Å². The van der Waals surface area contributed by atoms with Crippen LogP contribution in [0, 0.1) is 5.92 Å². The molecule has 1 fully saturated rings. The monoisotopic (exact) mass is 401 g/mol. The minimum Gasteiger partial charge on any atom is -0.497 e. The van der Waals surface area contributed by atoms with E-state index in [1.165, 1.54) is 0 Å². The summed E-state index contributed by atoms with van der Waals surface area (Å²) in [7, 11) is 1.67. The zero-order chi connectivity index (χ0) is 20.2. The Labute approximate surface area is 172 Å². The lowest BCUT2D eigenvalue weighted by Crippen LogP contribution is -2.40. The Kier molecular flexibility index (Phi) is 8.88. The molecule has 3 rings (SSSR count). The Morgan fingerprint density at radius 1 is 1.17 bits per heavy atom. The molecule has 2 aromatic rings. The van der Waals surface area contributed by atoms with Crippen LogP contribution in [0.15, 0.2) is 52.1 Å². The summed E-state index contributed by atoms with van der Waals surface area (Å²) < 4.78 is 21.8. The molecule has 1 aromatic heterocycles. The molecule has 29 heavy (non-hydrogen) atoms. The van der Waals surface area contributed by atoms with Crippen molar-refractivity contribution in [1.82, 2.24) is 10.6 Å². The summed E-state index contributed by atoms with van der Waals surface area (Å²) in [6.07, 6.45) is 3.59. The van der Waals surface area contributed by atoms with Crippen LogP contribution in [0.4, 0.5) is 0 Å². The predicted molar refractivity (Wildman–Crippen MR) is 112 cm³/mol. The first-order valence-corrected chi connectivity index (χ1v) is 10.2. The fourth-order valence-corrected chi connectivity index (χ4v) is 3.03. The van der Waals surface area contributed by atoms with Crippen LogP contribution in [0.2, 0.25) is 0 Å². The maximum Gasteiger partial charge on any atom is 0.191 e. The molecule has 7 heteroatoms. The first kappa shape index (κ1) is 21.2. The van der Waals surface area contributed by atoms with E-state index in [-0.39, 0.29) is 0 Å². The van der Waals surface area contributed by atoms with Gasteiger partial charge in [0.1, 0.15) is 11.5 Å². The third-order valence-corrected chi connectivity index (χ3v) is 4.74. The summed E-state index contributed by atoms with van der Waals surface area (Å²) in [5, 5.41) is 6.72. The Bertz CT molecular complexity index is 710. The number of hydrogen-bond acceptors (Lipinski definition) is 5. The molecule has 1 aromatic carbocycles. The zero-order valence-electron chi connectivity index (χ0n) is 17.1. The summed E-state index contributed by atoms with van der Waals surface area (Å²) in [6.45, 7) is 5.02. The molecule has 1 unspecified atom stereocenters. The van der Waals surface area contributed by atoms with Gasteiger partial charge in [-0.05, 0) is 36.2 Å². The molecular weight excluding hydrogens is 370 g/mol. The van der Waals surface area contributed by atoms with Crippen LogP contribution in [0.1, 0.15) is 17.7 Å². The topological polar surface area (TPSA) is 77.2 Å². The molecule has 1 saturated heterocycles. The van der Waals surface area contributed by atoms with Crippen molar-refractivity contribution in [2.75, 3.05) is 46.6 Å². The molecule has 158 valence electrons. The second-order valence-electron chi connectivity index (χ2n) is 7.00. The second kappa shape index (κ2) is 12.1. The van der Waals surface area contributed by atoms with Crippen molar-refractivity contribution < 1.29 is 18.6 Å². The fourth-order valence-electron chi connectivity index (χ4n) is 3.03. The Balaban J connectivity index is 1.38. The fraction of sp³-hybridized carbons (Fsp3) is 0.500. The first-order chi connectivity index (χ1) is 14.3. The van der Waals surface area contributed by atoms with Gasteiger partial charge in [0.15, 0.2) is 5.96 Å². The Hall–Kier alpha value is -2.51. The van der Waals surface area contributed by atoms with Gasteiger partial charge in [-0.25, -0.2) is 0 Å². The number of nitrogens with zero attached hydrogens (tertiary/aromatic N) is 1. The molecule has 0 radical (unpaired) electrons. The molecular formula is C22H31N3O4. The van der Waals surface area contributed by atoms with E-state index in [1.54, 1.807) is 13.4 Å². The number of hydrogen-bond donors (Lipinski definition) is 2. The van der Waals surface area contributed by atoms with Crippen molar-refractivity contribution in [3.8, 4) is 5.75 Å². The highest BCUT2D eigenvalue weighted by atomic mass is 16.5. The largest absolute Gasteiger partial charge is 0.497 e. The standard InChI is InChI=1S/C22H31N3O4/c1-26-20-6-4-18(5-7-20)16-28-14-11-24-22(25-15-19-9-13-27-17-19)23-10-8-21-3-2-12-29-21/h2-7,12,19H,8-11,13-17H2,1H3,(H2,23,24,25). The molecule has 1 aliphatic rings. The summed E-state index contributed by atoms with van der Waals surface area (Å²) in [5.74, 6) is 3.12. The molecule has 0 saturated carbocycles. The van der Waals surface area contributed by atoms with Crippen molar-refractivity contribution >= 4 is 5.96 Å². The van der Waals surface area contributed by atoms with Gasteiger partial charge in [-0.1, -0.05) is 12.1 Å². The molecule has 0 bridgehead atoms. The number of furan rings is 1. The number of ether oxygens (including phenoxy) is 3. The molecule has 7 nitrogen and oxygen atoms in total. The minimum atomic E-state index is 0.505. The van der Waals surface area contributed by atoms with Gasteiger partial charge in [-0.15, -0.1) is 0 Å². The van der Waals surface area contributed by atoms with E-state index >= 15 is 0 Å². The van der Waals surface area contributed by atoms with Crippen molar-refractivity contribution in [2.24, 2.45) is 10.9 Å². The van der Waals surface area contributed by atoms with E-state index in [9.17, 15) is 0 Å². The van der Waals surface area contributed by atoms with Gasteiger partial charge in [-0.2, -0.15) is 0 Å². The van der Waals surface area contributed by atoms with Crippen LogP contribution in [0.5, 0.6) is 5.75 Å². The molecule has 1 atom stereocenters. The van der Waals surface area contributed by atoms with Crippen molar-refractivity contribution in [2.45, 2.75) is 19.4 Å². The lowest BCUT2D eigenvalue weighted by Gasteiger charge is -2.14. The summed E-state index contributed by atoms with van der Waals surface area (Å²) in [6, 6.07) is 11.8. The lowest BCUT2D eigenvalue weighted by atomic mass is 10.1. The van der Waals surface area contributed by atoms with E-state index in [2.05, 4.69) is 10.6 Å². The molecule has 0 spiro atoms. The highest BCUT2D eigenvalue weighted by Crippen LogP contribution is 2.12. The highest BCUT2D eigenvalue weighted by Gasteiger charge is 2.15. The lowest BCUT2D eigenvalue weighted by molar-refractivity contribution is 0.125. The number of nitrogens with one attached hydrogen (secondary N) is 2. The van der Waals surface area contributed by atoms with E-state index < -0.39 is 0 Å². The van der Waals surface area contributed by atoms with Crippen LogP contribution in [-0.2, 0) is 22.5 Å². The number of methoxy groups -OCH3 is 1. The third-order valence-electron chi connectivity index (χ3n) is 4.74. The average molecular weight is 402 g/mol. The van der Waals surface area contributed by atoms with Crippen LogP contribution in [0.25, 0.3) is 0 Å². The Morgan fingerprint density at radius 2 is 2.03 bits per heavy atom. The number of benzene rings is 1. The molecule has 1 aliphatic heterocycles. The van der Waals surface area contributed by atoms with Gasteiger partial charge in [0, 0.05) is 38.6 Å². The van der Waals surface area contributed by atoms with E-state index in [4.69, 9.17) is 23.6 Å². The van der Waals surface area contributed by atoms with Gasteiger partial charge in [0.25, 0.3) is 0 Å². The third kappa shape index (κ3) is 7.79. The Morgan fingerprint density at radius 3 is 2.76 bits per heavy atom. The van der Waals surface area contributed by atoms with E-state index in [1.807, 2.05) is 36.4 Å². The summed E-state index contributed by atoms with van der Waals surface area (Å²) in [4.78, 5) is 4.71. The molecule has 2 N–H and O–H groups in total. The second-order valence-corrected chi connectivity index (χ2v) is 7.00. The maximum absolute atomic E-state index is 5.76. The minimum absolute atomic E-state index is 0.505. The van der Waals surface area contributed by atoms with Crippen molar-refractivity contribution in [3.05, 3.63) is 54.0 Å². The smallest absolute Gasteiger partial charge is 0.191 e. The van der Waals surface area contributed by atoms with Crippen LogP contribution < -0.4 is 15.4 Å². The van der Waals surface area contributed by atoms with Gasteiger partial charge in [0.05, 0.1) is 33.2 Å². The molecule has 0 aliphatic carbocycles. The normalized spacial score (nSPS) is 16.7. The SMILES string of the molecule is COc1ccc(COCCNC(=NCC2CCOC2)NCCc2ccco2)cc1. The van der Waals surface area contributed by atoms with Crippen LogP contribution in [0.3, 0.4) is 0 Å². The van der Waals surface area contributed by atoms with Crippen LogP contribution >= 0.6 is 0 Å². The van der Waals surface area contributed by atoms with Crippen molar-refractivity contribution in [3.63, 3.8) is 0 Å². The van der Waals surface area contributed by atoms with Crippen molar-refractivity contribution in [1.29, 1.82) is 0 Å². The van der Waals surface area contributed by atoms with Gasteiger partial charge in [0.2, 0.25) is 0 Å². The first-order valence-electron chi connectivity index (χ1n) is 10.2. The number of aliphatic imine (C=N–C) groups is 1. The number of guanidine groups is 1. The quantitative estimate of drug-likeness (QED) is 0.342. The highest BCUT2D eigenvalue weighted by molar-refractivity contribution is 5.79. The van der Waals surface area contributed by atoms with Gasteiger partial charge >= 0.3 is 0 Å². The predicted octanol–water partition coefficient (Wildman–Crippen LogP) is 2.62. The van der Waals surface area contributed by atoms with Gasteiger partial charge in [-0.3, -0.25) is 4.99 Å². The van der Waals surface area contributed by atoms with Gasteiger partial charge < -0.3 is 29.3 Å². The zero-order valence-corrected chi connectivity index (χ0v) is 17.1. The van der Waals surface area contributed by atoms with E-state index in [0.29, 0.717) is 25.7 Å². The summed E-state index contributed by atoms with van der Waals surface area (Å²) >= 11 is 0. The van der Waals surface area contributed by atoms with Crippen LogP contribution in [-0.4, -0.2) is 52.5 Å². The number of rotatable bonds is 11. The summed E-state index contributed by atoms with van der Waals surface area (Å²) in [5.41, 5.74) is 1.12.